The van der Waals surface area contributed by atoms with E-state index in [9.17, 15) is 9.18 Å². The van der Waals surface area contributed by atoms with Crippen molar-refractivity contribution >= 4 is 5.97 Å². The highest BCUT2D eigenvalue weighted by atomic mass is 19.1. The Morgan fingerprint density at radius 2 is 2.30 bits per heavy atom. The summed E-state index contributed by atoms with van der Waals surface area (Å²) in [4.78, 5) is 10.3. The lowest BCUT2D eigenvalue weighted by molar-refractivity contribution is -0.142. The molecular formula is C6H12FNO2. The lowest BCUT2D eigenvalue weighted by Gasteiger charge is -2.17. The fraction of sp³-hybridized carbons (Fsp3) is 0.833. The molecule has 0 spiro atoms. The van der Waals surface area contributed by atoms with Gasteiger partial charge in [-0.2, -0.15) is 0 Å². The van der Waals surface area contributed by atoms with E-state index in [-0.39, 0.29) is 12.8 Å². The Morgan fingerprint density at radius 1 is 1.80 bits per heavy atom. The maximum atomic E-state index is 11.5. The summed E-state index contributed by atoms with van der Waals surface area (Å²) in [6.45, 7) is 0.866. The van der Waals surface area contributed by atoms with E-state index in [1.54, 1.807) is 0 Å². The number of alkyl halides is 1. The molecule has 1 unspecified atom stereocenters. The standard InChI is InChI=1S/C6H12FNO2/c1-6(8,5(9)10)3-2-4-7/h2-4,8H2,1H3,(H,9,10). The van der Waals surface area contributed by atoms with Crippen LogP contribution in [0.25, 0.3) is 0 Å². The average Bonchev–Trinajstić information content (AvgIpc) is 1.84. The summed E-state index contributed by atoms with van der Waals surface area (Å²) in [5.41, 5.74) is 4.01. The highest BCUT2D eigenvalue weighted by Gasteiger charge is 2.26. The molecule has 0 aromatic carbocycles. The lowest BCUT2D eigenvalue weighted by Crippen LogP contribution is -2.44. The molecule has 0 heterocycles. The number of carboxylic acids is 1. The first-order valence-electron chi connectivity index (χ1n) is 3.09. The quantitative estimate of drug-likeness (QED) is 0.613. The maximum Gasteiger partial charge on any atom is 0.323 e. The molecule has 0 fully saturated rings. The van der Waals surface area contributed by atoms with Gasteiger partial charge >= 0.3 is 5.97 Å². The Balaban J connectivity index is 3.75. The van der Waals surface area contributed by atoms with Crippen LogP contribution in [-0.2, 0) is 4.79 Å². The fourth-order valence-corrected chi connectivity index (χ4v) is 0.541. The summed E-state index contributed by atoms with van der Waals surface area (Å²) >= 11 is 0. The third kappa shape index (κ3) is 2.77. The van der Waals surface area contributed by atoms with Crippen molar-refractivity contribution in [2.75, 3.05) is 6.67 Å². The molecule has 60 valence electrons. The van der Waals surface area contributed by atoms with E-state index in [1.165, 1.54) is 6.92 Å². The molecule has 0 aliphatic rings. The van der Waals surface area contributed by atoms with Crippen molar-refractivity contribution in [3.05, 3.63) is 0 Å². The molecule has 10 heavy (non-hydrogen) atoms. The highest BCUT2D eigenvalue weighted by molar-refractivity contribution is 5.77. The highest BCUT2D eigenvalue weighted by Crippen LogP contribution is 2.08. The van der Waals surface area contributed by atoms with Crippen LogP contribution in [0.1, 0.15) is 19.8 Å². The number of nitrogens with two attached hydrogens (primary N) is 1. The summed E-state index contributed by atoms with van der Waals surface area (Å²) in [5, 5.41) is 8.42. The SMILES string of the molecule is CC(N)(CCCF)C(=O)O. The molecule has 0 saturated heterocycles. The van der Waals surface area contributed by atoms with Gasteiger partial charge < -0.3 is 10.8 Å². The zero-order valence-corrected chi connectivity index (χ0v) is 5.93. The van der Waals surface area contributed by atoms with Crippen molar-refractivity contribution in [2.24, 2.45) is 5.73 Å². The summed E-state index contributed by atoms with van der Waals surface area (Å²) in [6.07, 6.45) is 0.387. The van der Waals surface area contributed by atoms with E-state index in [0.717, 1.165) is 0 Å². The van der Waals surface area contributed by atoms with Gasteiger partial charge in [-0.05, 0) is 19.8 Å². The minimum atomic E-state index is -1.27. The Bertz CT molecular complexity index is 125. The monoisotopic (exact) mass is 149 g/mol. The van der Waals surface area contributed by atoms with Gasteiger partial charge in [-0.3, -0.25) is 9.18 Å². The third-order valence-electron chi connectivity index (χ3n) is 1.32. The smallest absolute Gasteiger partial charge is 0.323 e. The van der Waals surface area contributed by atoms with Crippen LogP contribution in [-0.4, -0.2) is 23.3 Å². The molecule has 0 aromatic rings. The van der Waals surface area contributed by atoms with Crippen LogP contribution in [0.15, 0.2) is 0 Å². The topological polar surface area (TPSA) is 63.3 Å². The van der Waals surface area contributed by atoms with Crippen molar-refractivity contribution < 1.29 is 14.3 Å². The summed E-state index contributed by atoms with van der Waals surface area (Å²) in [6, 6.07) is 0. The lowest BCUT2D eigenvalue weighted by atomic mass is 9.98. The molecule has 4 heteroatoms. The number of aliphatic carboxylic acids is 1. The fourth-order valence-electron chi connectivity index (χ4n) is 0.541. The zero-order chi connectivity index (χ0) is 8.20. The zero-order valence-electron chi connectivity index (χ0n) is 5.93. The van der Waals surface area contributed by atoms with Crippen LogP contribution in [0.4, 0.5) is 4.39 Å². The molecule has 0 bridgehead atoms. The molecular weight excluding hydrogens is 137 g/mol. The van der Waals surface area contributed by atoms with Gasteiger partial charge in [0.05, 0.1) is 6.67 Å². The van der Waals surface area contributed by atoms with Gasteiger partial charge in [0.25, 0.3) is 0 Å². The largest absolute Gasteiger partial charge is 0.480 e. The molecule has 0 aliphatic heterocycles. The van der Waals surface area contributed by atoms with Gasteiger partial charge in [0, 0.05) is 0 Å². The number of carboxylic acid groups (broad SMARTS) is 1. The molecule has 0 aromatic heterocycles. The number of hydrogen-bond acceptors (Lipinski definition) is 2. The van der Waals surface area contributed by atoms with E-state index in [4.69, 9.17) is 10.8 Å². The van der Waals surface area contributed by atoms with E-state index >= 15 is 0 Å². The van der Waals surface area contributed by atoms with Gasteiger partial charge in [0.1, 0.15) is 5.54 Å². The number of rotatable bonds is 4. The second-order valence-electron chi connectivity index (χ2n) is 2.52. The van der Waals surface area contributed by atoms with Gasteiger partial charge in [-0.25, -0.2) is 0 Å². The Hall–Kier alpha value is -0.640. The van der Waals surface area contributed by atoms with Gasteiger partial charge in [0.2, 0.25) is 0 Å². The molecule has 1 atom stereocenters. The second-order valence-corrected chi connectivity index (χ2v) is 2.52. The average molecular weight is 149 g/mol. The van der Waals surface area contributed by atoms with Crippen molar-refractivity contribution in [2.45, 2.75) is 25.3 Å². The molecule has 0 rings (SSSR count). The van der Waals surface area contributed by atoms with Crippen LogP contribution in [0, 0.1) is 0 Å². The van der Waals surface area contributed by atoms with E-state index in [2.05, 4.69) is 0 Å². The third-order valence-corrected chi connectivity index (χ3v) is 1.32. The van der Waals surface area contributed by atoms with Gasteiger partial charge in [-0.1, -0.05) is 0 Å². The summed E-state index contributed by atoms with van der Waals surface area (Å²) in [5.74, 6) is -1.08. The molecule has 0 saturated carbocycles. The van der Waals surface area contributed by atoms with Crippen molar-refractivity contribution in [3.63, 3.8) is 0 Å². The van der Waals surface area contributed by atoms with Crippen LogP contribution in [0.5, 0.6) is 0 Å². The molecule has 3 nitrogen and oxygen atoms in total. The predicted octanol–water partition coefficient (Wildman–Crippen LogP) is 0.538. The first kappa shape index (κ1) is 9.36. The van der Waals surface area contributed by atoms with E-state index in [1.807, 2.05) is 0 Å². The van der Waals surface area contributed by atoms with Crippen LogP contribution >= 0.6 is 0 Å². The second kappa shape index (κ2) is 3.51. The summed E-state index contributed by atoms with van der Waals surface area (Å²) in [7, 11) is 0. The van der Waals surface area contributed by atoms with E-state index in [0.29, 0.717) is 0 Å². The van der Waals surface area contributed by atoms with Crippen molar-refractivity contribution in [3.8, 4) is 0 Å². The number of hydrogen-bond donors (Lipinski definition) is 2. The Labute approximate surface area is 59.0 Å². The number of carbonyl (C=O) groups is 1. The molecule has 0 aliphatic carbocycles. The van der Waals surface area contributed by atoms with E-state index < -0.39 is 18.2 Å². The molecule has 3 N–H and O–H groups in total. The number of halogens is 1. The maximum absolute atomic E-state index is 11.5. The molecule has 0 amide bonds. The van der Waals surface area contributed by atoms with Crippen LogP contribution in [0.3, 0.4) is 0 Å². The van der Waals surface area contributed by atoms with Crippen molar-refractivity contribution in [1.82, 2.24) is 0 Å². The molecule has 0 radical (unpaired) electrons. The Morgan fingerprint density at radius 3 is 2.60 bits per heavy atom. The Kier molecular flexibility index (Phi) is 3.28. The first-order chi connectivity index (χ1) is 4.50. The first-order valence-corrected chi connectivity index (χ1v) is 3.09. The predicted molar refractivity (Wildman–Crippen MR) is 35.4 cm³/mol. The van der Waals surface area contributed by atoms with Gasteiger partial charge in [-0.15, -0.1) is 0 Å². The summed E-state index contributed by atoms with van der Waals surface area (Å²) < 4.78 is 11.5. The van der Waals surface area contributed by atoms with Gasteiger partial charge in [0.15, 0.2) is 0 Å². The minimum Gasteiger partial charge on any atom is -0.480 e. The van der Waals surface area contributed by atoms with Crippen LogP contribution < -0.4 is 5.73 Å². The van der Waals surface area contributed by atoms with Crippen LogP contribution in [0.2, 0.25) is 0 Å². The minimum absolute atomic E-state index is 0.179. The normalized spacial score (nSPS) is 16.3. The van der Waals surface area contributed by atoms with Crippen molar-refractivity contribution in [1.29, 1.82) is 0 Å².